The van der Waals surface area contributed by atoms with Gasteiger partial charge >= 0.3 is 5.97 Å². The van der Waals surface area contributed by atoms with Gasteiger partial charge in [-0.05, 0) is 36.2 Å². The standard InChI is InChI=1S/C16H15FN2O3/c17-13-4-1-11(2-5-13)3-6-15(20)19-10-14-9-12(16(21)22)7-8-18-14/h1-2,4-5,7-9H,3,6,10H2,(H,19,20)(H,21,22). The van der Waals surface area contributed by atoms with Crippen LogP contribution >= 0.6 is 0 Å². The van der Waals surface area contributed by atoms with Gasteiger partial charge in [0.25, 0.3) is 0 Å². The van der Waals surface area contributed by atoms with Crippen molar-refractivity contribution in [3.63, 3.8) is 0 Å². The summed E-state index contributed by atoms with van der Waals surface area (Å²) in [4.78, 5) is 26.6. The van der Waals surface area contributed by atoms with Crippen molar-refractivity contribution < 1.29 is 19.1 Å². The molecule has 0 aliphatic rings. The van der Waals surface area contributed by atoms with Gasteiger partial charge in [0.05, 0.1) is 17.8 Å². The minimum absolute atomic E-state index is 0.130. The van der Waals surface area contributed by atoms with Crippen molar-refractivity contribution in [1.82, 2.24) is 10.3 Å². The Balaban J connectivity index is 1.81. The third-order valence-corrected chi connectivity index (χ3v) is 3.08. The molecule has 0 spiro atoms. The minimum atomic E-state index is -1.04. The number of amides is 1. The summed E-state index contributed by atoms with van der Waals surface area (Å²) in [5.41, 5.74) is 1.49. The highest BCUT2D eigenvalue weighted by atomic mass is 19.1. The molecule has 5 nitrogen and oxygen atoms in total. The van der Waals surface area contributed by atoms with Crippen LogP contribution in [0.25, 0.3) is 0 Å². The van der Waals surface area contributed by atoms with Crippen molar-refractivity contribution in [2.75, 3.05) is 0 Å². The second kappa shape index (κ2) is 7.31. The predicted molar refractivity (Wildman–Crippen MR) is 77.8 cm³/mol. The molecule has 2 rings (SSSR count). The van der Waals surface area contributed by atoms with E-state index >= 15 is 0 Å². The minimum Gasteiger partial charge on any atom is -0.478 e. The molecule has 2 aromatic rings. The molecule has 0 aliphatic heterocycles. The number of hydrogen-bond donors (Lipinski definition) is 2. The number of aromatic nitrogens is 1. The monoisotopic (exact) mass is 302 g/mol. The van der Waals surface area contributed by atoms with E-state index in [1.165, 1.54) is 30.5 Å². The van der Waals surface area contributed by atoms with Gasteiger partial charge in [0.2, 0.25) is 5.91 Å². The molecule has 0 unspecified atom stereocenters. The van der Waals surface area contributed by atoms with E-state index in [2.05, 4.69) is 10.3 Å². The number of carboxylic acid groups (broad SMARTS) is 1. The molecule has 0 radical (unpaired) electrons. The first-order chi connectivity index (χ1) is 10.5. The quantitative estimate of drug-likeness (QED) is 0.857. The molecule has 6 heteroatoms. The van der Waals surface area contributed by atoms with E-state index in [0.717, 1.165) is 5.56 Å². The molecule has 0 bridgehead atoms. The number of halogens is 1. The molecule has 114 valence electrons. The Bertz CT molecular complexity index is 671. The lowest BCUT2D eigenvalue weighted by Crippen LogP contribution is -2.23. The van der Waals surface area contributed by atoms with Crippen molar-refractivity contribution >= 4 is 11.9 Å². The highest BCUT2D eigenvalue weighted by molar-refractivity contribution is 5.87. The van der Waals surface area contributed by atoms with E-state index in [4.69, 9.17) is 5.11 Å². The number of carboxylic acids is 1. The number of hydrogen-bond acceptors (Lipinski definition) is 3. The highest BCUT2D eigenvalue weighted by Crippen LogP contribution is 2.06. The first-order valence-electron chi connectivity index (χ1n) is 6.74. The molecule has 0 saturated heterocycles. The Kier molecular flexibility index (Phi) is 5.19. The normalized spacial score (nSPS) is 10.2. The Morgan fingerprint density at radius 1 is 1.18 bits per heavy atom. The fraction of sp³-hybridized carbons (Fsp3) is 0.188. The summed E-state index contributed by atoms with van der Waals surface area (Å²) in [6.45, 7) is 0.170. The van der Waals surface area contributed by atoms with Crippen molar-refractivity contribution in [3.8, 4) is 0 Å². The maximum Gasteiger partial charge on any atom is 0.335 e. The maximum absolute atomic E-state index is 12.8. The van der Waals surface area contributed by atoms with Gasteiger partial charge in [-0.25, -0.2) is 9.18 Å². The summed E-state index contributed by atoms with van der Waals surface area (Å²) in [6, 6.07) is 8.80. The van der Waals surface area contributed by atoms with Crippen LogP contribution < -0.4 is 5.32 Å². The third kappa shape index (κ3) is 4.66. The maximum atomic E-state index is 12.8. The first kappa shape index (κ1) is 15.6. The smallest absolute Gasteiger partial charge is 0.335 e. The fourth-order valence-corrected chi connectivity index (χ4v) is 1.89. The zero-order chi connectivity index (χ0) is 15.9. The molecule has 0 aliphatic carbocycles. The Labute approximate surface area is 126 Å². The number of carbonyl (C=O) groups excluding carboxylic acids is 1. The van der Waals surface area contributed by atoms with Crippen LogP contribution in [0.1, 0.15) is 28.0 Å². The second-order valence-electron chi connectivity index (χ2n) is 4.74. The highest BCUT2D eigenvalue weighted by Gasteiger charge is 2.06. The second-order valence-corrected chi connectivity index (χ2v) is 4.74. The van der Waals surface area contributed by atoms with Crippen LogP contribution in [0.3, 0.4) is 0 Å². The zero-order valence-corrected chi connectivity index (χ0v) is 11.8. The number of aryl methyl sites for hydroxylation is 1. The number of rotatable bonds is 6. The molecule has 0 fully saturated rings. The lowest BCUT2D eigenvalue weighted by atomic mass is 10.1. The van der Waals surface area contributed by atoms with Crippen molar-refractivity contribution in [1.29, 1.82) is 0 Å². The van der Waals surface area contributed by atoms with Crippen LogP contribution in [-0.2, 0) is 17.8 Å². The summed E-state index contributed by atoms with van der Waals surface area (Å²) in [6.07, 6.45) is 2.17. The molecule has 1 amide bonds. The molecule has 0 atom stereocenters. The van der Waals surface area contributed by atoms with Gasteiger partial charge in [-0.1, -0.05) is 12.1 Å². The number of carbonyl (C=O) groups is 2. The van der Waals surface area contributed by atoms with Crippen LogP contribution in [0, 0.1) is 5.82 Å². The van der Waals surface area contributed by atoms with Gasteiger partial charge in [0.1, 0.15) is 5.82 Å². The molecule has 22 heavy (non-hydrogen) atoms. The zero-order valence-electron chi connectivity index (χ0n) is 11.8. The topological polar surface area (TPSA) is 79.3 Å². The van der Waals surface area contributed by atoms with E-state index in [9.17, 15) is 14.0 Å². The molecular formula is C16H15FN2O3. The number of pyridine rings is 1. The molecule has 1 aromatic heterocycles. The average molecular weight is 302 g/mol. The van der Waals surface area contributed by atoms with E-state index in [-0.39, 0.29) is 30.3 Å². The molecular weight excluding hydrogens is 287 g/mol. The molecule has 0 saturated carbocycles. The van der Waals surface area contributed by atoms with E-state index in [1.54, 1.807) is 12.1 Å². The summed E-state index contributed by atoms with van der Waals surface area (Å²) in [5, 5.41) is 11.6. The fourth-order valence-electron chi connectivity index (χ4n) is 1.89. The third-order valence-electron chi connectivity index (χ3n) is 3.08. The summed E-state index contributed by atoms with van der Waals surface area (Å²) >= 11 is 0. The SMILES string of the molecule is O=C(CCc1ccc(F)cc1)NCc1cc(C(=O)O)ccn1. The number of nitrogens with zero attached hydrogens (tertiary/aromatic N) is 1. The van der Waals surface area contributed by atoms with E-state index in [1.807, 2.05) is 0 Å². The molecule has 1 heterocycles. The average Bonchev–Trinajstić information content (AvgIpc) is 2.52. The molecule has 2 N–H and O–H groups in total. The number of benzene rings is 1. The Hall–Kier alpha value is -2.76. The largest absolute Gasteiger partial charge is 0.478 e. The number of nitrogens with one attached hydrogen (secondary N) is 1. The van der Waals surface area contributed by atoms with Crippen LogP contribution in [0.5, 0.6) is 0 Å². The van der Waals surface area contributed by atoms with Gasteiger partial charge < -0.3 is 10.4 Å². The van der Waals surface area contributed by atoms with Crippen LogP contribution in [0.4, 0.5) is 4.39 Å². The van der Waals surface area contributed by atoms with E-state index in [0.29, 0.717) is 12.1 Å². The predicted octanol–water partition coefficient (Wildman–Crippen LogP) is 2.17. The van der Waals surface area contributed by atoms with Gasteiger partial charge in [-0.15, -0.1) is 0 Å². The Morgan fingerprint density at radius 3 is 2.59 bits per heavy atom. The summed E-state index contributed by atoms with van der Waals surface area (Å²) in [7, 11) is 0. The van der Waals surface area contributed by atoms with Gasteiger partial charge in [0, 0.05) is 12.6 Å². The Morgan fingerprint density at radius 2 is 1.91 bits per heavy atom. The summed E-state index contributed by atoms with van der Waals surface area (Å²) in [5.74, 6) is -1.52. The van der Waals surface area contributed by atoms with Gasteiger partial charge in [0.15, 0.2) is 0 Å². The van der Waals surface area contributed by atoms with Crippen LogP contribution in [-0.4, -0.2) is 22.0 Å². The molecule has 1 aromatic carbocycles. The van der Waals surface area contributed by atoms with Crippen molar-refractivity contribution in [3.05, 3.63) is 65.2 Å². The lowest BCUT2D eigenvalue weighted by molar-refractivity contribution is -0.121. The van der Waals surface area contributed by atoms with Crippen molar-refractivity contribution in [2.24, 2.45) is 0 Å². The van der Waals surface area contributed by atoms with Gasteiger partial charge in [-0.2, -0.15) is 0 Å². The summed E-state index contributed by atoms with van der Waals surface area (Å²) < 4.78 is 12.8. The van der Waals surface area contributed by atoms with Crippen LogP contribution in [0.15, 0.2) is 42.6 Å². The van der Waals surface area contributed by atoms with Crippen LogP contribution in [0.2, 0.25) is 0 Å². The number of aromatic carboxylic acids is 1. The van der Waals surface area contributed by atoms with Gasteiger partial charge in [-0.3, -0.25) is 9.78 Å². The lowest BCUT2D eigenvalue weighted by Gasteiger charge is -2.06. The van der Waals surface area contributed by atoms with Crippen molar-refractivity contribution in [2.45, 2.75) is 19.4 Å². The van der Waals surface area contributed by atoms with E-state index < -0.39 is 5.97 Å². The first-order valence-corrected chi connectivity index (χ1v) is 6.74.